The number of fused-ring (bicyclic) bond motifs is 2. The fraction of sp³-hybridized carbons (Fsp3) is 0.286. The molecule has 0 amide bonds. The molecule has 1 aromatic rings. The molecule has 0 fully saturated rings. The molecule has 0 saturated heterocycles. The van der Waals surface area contributed by atoms with Crippen LogP contribution in [0.1, 0.15) is 5.56 Å². The van der Waals surface area contributed by atoms with Gasteiger partial charge >= 0.3 is 0 Å². The summed E-state index contributed by atoms with van der Waals surface area (Å²) in [5.41, 5.74) is 0.808. The molecule has 2 atom stereocenters. The van der Waals surface area contributed by atoms with E-state index in [1.165, 1.54) is 0 Å². The lowest BCUT2D eigenvalue weighted by molar-refractivity contribution is -0.122. The predicted octanol–water partition coefficient (Wildman–Crippen LogP) is 1.78. The number of dihydropyridines is 1. The largest absolute Gasteiger partial charge is 0.496 e. The molecule has 0 saturated carbocycles. The summed E-state index contributed by atoms with van der Waals surface area (Å²) < 4.78 is 11.1. The number of nitrogens with zero attached hydrogens (tertiary/aromatic N) is 1. The lowest BCUT2D eigenvalue weighted by Gasteiger charge is -2.20. The Hall–Kier alpha value is -2.10. The minimum atomic E-state index is -0.448. The first kappa shape index (κ1) is 11.0. The predicted molar refractivity (Wildman–Crippen MR) is 67.2 cm³/mol. The van der Waals surface area contributed by atoms with Crippen molar-refractivity contribution in [1.29, 1.82) is 0 Å². The van der Waals surface area contributed by atoms with E-state index in [4.69, 9.17) is 9.47 Å². The molecule has 4 heteroatoms. The fourth-order valence-corrected chi connectivity index (χ4v) is 2.31. The third-order valence-electron chi connectivity index (χ3n) is 3.23. The smallest absolute Gasteiger partial charge is 0.202 e. The lowest BCUT2D eigenvalue weighted by Crippen LogP contribution is -2.30. The second-order valence-corrected chi connectivity index (χ2v) is 4.30. The van der Waals surface area contributed by atoms with E-state index in [0.717, 1.165) is 5.56 Å². The molecule has 0 aromatic heterocycles. The molecule has 0 spiro atoms. The molecule has 2 aliphatic heterocycles. The molecule has 2 heterocycles. The van der Waals surface area contributed by atoms with Crippen molar-refractivity contribution in [1.82, 2.24) is 0 Å². The van der Waals surface area contributed by atoms with Crippen LogP contribution in [0.5, 0.6) is 11.5 Å². The highest BCUT2D eigenvalue weighted by atomic mass is 16.5. The van der Waals surface area contributed by atoms with Crippen LogP contribution in [-0.4, -0.2) is 25.3 Å². The topological polar surface area (TPSA) is 47.9 Å². The molecule has 3 rings (SSSR count). The van der Waals surface area contributed by atoms with E-state index in [1.807, 2.05) is 24.3 Å². The summed E-state index contributed by atoms with van der Waals surface area (Å²) in [4.78, 5) is 16.4. The molecule has 18 heavy (non-hydrogen) atoms. The van der Waals surface area contributed by atoms with E-state index < -0.39 is 6.23 Å². The Bertz CT molecular complexity index is 548. The molecule has 1 aromatic carbocycles. The van der Waals surface area contributed by atoms with Gasteiger partial charge in [-0.2, -0.15) is 0 Å². The van der Waals surface area contributed by atoms with Gasteiger partial charge in [0, 0.05) is 18.2 Å². The molecular weight excluding hydrogens is 230 g/mol. The molecule has 0 radical (unpaired) electrons. The number of benzene rings is 1. The van der Waals surface area contributed by atoms with Gasteiger partial charge in [-0.15, -0.1) is 0 Å². The maximum atomic E-state index is 12.2. The van der Waals surface area contributed by atoms with Crippen molar-refractivity contribution in [3.63, 3.8) is 0 Å². The Kier molecular flexibility index (Phi) is 2.63. The molecule has 2 unspecified atom stereocenters. The highest BCUT2D eigenvalue weighted by molar-refractivity contribution is 5.89. The molecule has 92 valence electrons. The third-order valence-corrected chi connectivity index (χ3v) is 3.23. The SMILES string of the molecule is COc1cccc2c1CC(=O)C1C=CC=NC1O2. The molecule has 0 N–H and O–H groups in total. The summed E-state index contributed by atoms with van der Waals surface area (Å²) in [5.74, 6) is 1.18. The van der Waals surface area contributed by atoms with Gasteiger partial charge in [0.1, 0.15) is 17.3 Å². The van der Waals surface area contributed by atoms with Crippen molar-refractivity contribution in [2.24, 2.45) is 10.9 Å². The van der Waals surface area contributed by atoms with Crippen molar-refractivity contribution in [2.75, 3.05) is 7.11 Å². The van der Waals surface area contributed by atoms with E-state index in [9.17, 15) is 4.79 Å². The zero-order valence-corrected chi connectivity index (χ0v) is 10.00. The van der Waals surface area contributed by atoms with Crippen LogP contribution in [0.3, 0.4) is 0 Å². The van der Waals surface area contributed by atoms with Crippen molar-refractivity contribution in [2.45, 2.75) is 12.6 Å². The van der Waals surface area contributed by atoms with E-state index >= 15 is 0 Å². The van der Waals surface area contributed by atoms with Crippen LogP contribution in [0.2, 0.25) is 0 Å². The zero-order chi connectivity index (χ0) is 12.5. The summed E-state index contributed by atoms with van der Waals surface area (Å²) >= 11 is 0. The van der Waals surface area contributed by atoms with E-state index in [2.05, 4.69) is 4.99 Å². The number of ether oxygens (including phenoxy) is 2. The van der Waals surface area contributed by atoms with Gasteiger partial charge in [-0.3, -0.25) is 4.79 Å². The standard InChI is InChI=1S/C14H13NO3/c1-17-12-5-2-6-13-10(12)8-11(16)9-4-3-7-15-14(9)18-13/h2-7,9,14H,8H2,1H3. The number of carbonyl (C=O) groups is 1. The third kappa shape index (κ3) is 1.70. The highest BCUT2D eigenvalue weighted by Crippen LogP contribution is 2.35. The Morgan fingerprint density at radius 2 is 2.33 bits per heavy atom. The summed E-state index contributed by atoms with van der Waals surface area (Å²) in [7, 11) is 1.59. The first-order valence-electron chi connectivity index (χ1n) is 5.85. The summed E-state index contributed by atoms with van der Waals surface area (Å²) in [6.45, 7) is 0. The number of carbonyl (C=O) groups excluding carboxylic acids is 1. The molecule has 0 bridgehead atoms. The van der Waals surface area contributed by atoms with Crippen molar-refractivity contribution in [3.8, 4) is 11.5 Å². The van der Waals surface area contributed by atoms with Crippen LogP contribution in [0.15, 0.2) is 35.3 Å². The summed E-state index contributed by atoms with van der Waals surface area (Å²) in [6.07, 6.45) is 5.17. The number of Topliss-reactive ketones (excluding diaryl/α,β-unsaturated/α-hetero) is 1. The lowest BCUT2D eigenvalue weighted by atomic mass is 9.96. The number of ketones is 1. The van der Waals surface area contributed by atoms with E-state index in [0.29, 0.717) is 17.9 Å². The van der Waals surface area contributed by atoms with Crippen LogP contribution in [0, 0.1) is 5.92 Å². The van der Waals surface area contributed by atoms with E-state index in [-0.39, 0.29) is 11.7 Å². The Morgan fingerprint density at radius 1 is 1.44 bits per heavy atom. The van der Waals surface area contributed by atoms with Crippen LogP contribution < -0.4 is 9.47 Å². The number of hydrogen-bond donors (Lipinski definition) is 0. The minimum Gasteiger partial charge on any atom is -0.496 e. The highest BCUT2D eigenvalue weighted by Gasteiger charge is 2.33. The van der Waals surface area contributed by atoms with Crippen molar-refractivity contribution >= 4 is 12.0 Å². The number of rotatable bonds is 1. The normalized spacial score (nSPS) is 24.8. The Balaban J connectivity index is 2.06. The summed E-state index contributed by atoms with van der Waals surface area (Å²) in [6, 6.07) is 5.54. The molecular formula is C14H13NO3. The van der Waals surface area contributed by atoms with Gasteiger partial charge in [0.25, 0.3) is 0 Å². The van der Waals surface area contributed by atoms with Gasteiger partial charge in [0.2, 0.25) is 6.23 Å². The van der Waals surface area contributed by atoms with Gasteiger partial charge in [-0.05, 0) is 18.2 Å². The Labute approximate surface area is 105 Å². The molecule has 4 nitrogen and oxygen atoms in total. The maximum absolute atomic E-state index is 12.2. The van der Waals surface area contributed by atoms with Crippen molar-refractivity contribution < 1.29 is 14.3 Å². The fourth-order valence-electron chi connectivity index (χ4n) is 2.31. The van der Waals surface area contributed by atoms with Gasteiger partial charge < -0.3 is 9.47 Å². The van der Waals surface area contributed by atoms with Gasteiger partial charge in [0.05, 0.1) is 13.0 Å². The second-order valence-electron chi connectivity index (χ2n) is 4.30. The average molecular weight is 243 g/mol. The number of hydrogen-bond acceptors (Lipinski definition) is 4. The number of allylic oxidation sites excluding steroid dienone is 1. The molecule has 0 aliphatic carbocycles. The number of aliphatic imine (C=N–C) groups is 1. The first-order chi connectivity index (χ1) is 8.79. The zero-order valence-electron chi connectivity index (χ0n) is 10.00. The minimum absolute atomic E-state index is 0.108. The van der Waals surface area contributed by atoms with Crippen LogP contribution >= 0.6 is 0 Å². The van der Waals surface area contributed by atoms with Crippen LogP contribution in [0.25, 0.3) is 0 Å². The average Bonchev–Trinajstić information content (AvgIpc) is 2.54. The maximum Gasteiger partial charge on any atom is 0.202 e. The van der Waals surface area contributed by atoms with Gasteiger partial charge in [0.15, 0.2) is 0 Å². The Morgan fingerprint density at radius 3 is 3.17 bits per heavy atom. The second kappa shape index (κ2) is 4.29. The van der Waals surface area contributed by atoms with Crippen LogP contribution in [-0.2, 0) is 11.2 Å². The quantitative estimate of drug-likeness (QED) is 0.755. The molecule has 2 aliphatic rings. The van der Waals surface area contributed by atoms with E-state index in [1.54, 1.807) is 19.4 Å². The van der Waals surface area contributed by atoms with Gasteiger partial charge in [-0.25, -0.2) is 4.99 Å². The van der Waals surface area contributed by atoms with Crippen LogP contribution in [0.4, 0.5) is 0 Å². The number of methoxy groups -OCH3 is 1. The monoisotopic (exact) mass is 243 g/mol. The van der Waals surface area contributed by atoms with Gasteiger partial charge in [-0.1, -0.05) is 12.1 Å². The summed E-state index contributed by atoms with van der Waals surface area (Å²) in [5, 5.41) is 0. The first-order valence-corrected chi connectivity index (χ1v) is 5.85. The van der Waals surface area contributed by atoms with Crippen molar-refractivity contribution in [3.05, 3.63) is 35.9 Å².